The lowest BCUT2D eigenvalue weighted by Crippen LogP contribution is -2.31. The summed E-state index contributed by atoms with van der Waals surface area (Å²) in [6.07, 6.45) is 3.23. The van der Waals surface area contributed by atoms with Gasteiger partial charge >= 0.3 is 5.97 Å². The van der Waals surface area contributed by atoms with Crippen molar-refractivity contribution in [3.8, 4) is 0 Å². The van der Waals surface area contributed by atoms with Gasteiger partial charge in [0.1, 0.15) is 0 Å². The smallest absolute Gasteiger partial charge is 0.308 e. The fraction of sp³-hybridized carbons (Fsp3) is 0.833. The van der Waals surface area contributed by atoms with Crippen LogP contribution in [0, 0.1) is 11.8 Å². The zero-order valence-electron chi connectivity index (χ0n) is 10.7. The van der Waals surface area contributed by atoms with E-state index in [-0.39, 0.29) is 12.5 Å². The number of carboxylic acid groups (broad SMARTS) is 1. The first kappa shape index (κ1) is 15.9. The number of hydrogen-bond donors (Lipinski definition) is 3. The van der Waals surface area contributed by atoms with Crippen molar-refractivity contribution in [2.45, 2.75) is 39.5 Å². The molecule has 0 heterocycles. The van der Waals surface area contributed by atoms with Gasteiger partial charge in [0.2, 0.25) is 5.91 Å². The molecule has 5 heteroatoms. The molecule has 0 spiro atoms. The monoisotopic (exact) mass is 244 g/mol. The topological polar surface area (TPSA) is 92.4 Å². The highest BCUT2D eigenvalue weighted by atomic mass is 16.4. The van der Waals surface area contributed by atoms with Crippen LogP contribution in [-0.4, -0.2) is 30.1 Å². The minimum Gasteiger partial charge on any atom is -0.481 e. The van der Waals surface area contributed by atoms with E-state index in [4.69, 9.17) is 10.8 Å². The van der Waals surface area contributed by atoms with Crippen molar-refractivity contribution < 1.29 is 14.7 Å². The minimum atomic E-state index is -0.889. The fourth-order valence-corrected chi connectivity index (χ4v) is 1.57. The quantitative estimate of drug-likeness (QED) is 0.563. The molecule has 1 amide bonds. The summed E-state index contributed by atoms with van der Waals surface area (Å²) >= 11 is 0. The molecule has 0 aliphatic heterocycles. The van der Waals surface area contributed by atoms with Gasteiger partial charge in [0.25, 0.3) is 0 Å². The van der Waals surface area contributed by atoms with Crippen molar-refractivity contribution in [2.75, 3.05) is 13.1 Å². The Bertz CT molecular complexity index is 244. The van der Waals surface area contributed by atoms with E-state index < -0.39 is 11.9 Å². The van der Waals surface area contributed by atoms with Gasteiger partial charge in [-0.3, -0.25) is 9.59 Å². The third-order valence-corrected chi connectivity index (χ3v) is 2.96. The van der Waals surface area contributed by atoms with Gasteiger partial charge in [0, 0.05) is 13.0 Å². The first-order valence-electron chi connectivity index (χ1n) is 6.20. The molecule has 2 atom stereocenters. The number of nitrogens with two attached hydrogens (primary N) is 1. The second-order valence-electron chi connectivity index (χ2n) is 4.43. The standard InChI is InChI=1S/C12H24N2O3/c1-3-10(6-7-13)4-5-11(15)14-8-9(2)12(16)17/h9-10H,3-8,13H2,1-2H3,(H,14,15)(H,16,17). The molecule has 0 aromatic heterocycles. The van der Waals surface area contributed by atoms with Gasteiger partial charge in [-0.25, -0.2) is 0 Å². The molecule has 100 valence electrons. The molecule has 0 aliphatic carbocycles. The number of hydrogen-bond acceptors (Lipinski definition) is 3. The van der Waals surface area contributed by atoms with Crippen molar-refractivity contribution in [1.82, 2.24) is 5.32 Å². The van der Waals surface area contributed by atoms with Crippen LogP contribution in [0.3, 0.4) is 0 Å². The Morgan fingerprint density at radius 2 is 2.00 bits per heavy atom. The van der Waals surface area contributed by atoms with E-state index in [1.54, 1.807) is 6.92 Å². The van der Waals surface area contributed by atoms with Crippen LogP contribution in [0.2, 0.25) is 0 Å². The molecule has 2 unspecified atom stereocenters. The van der Waals surface area contributed by atoms with Gasteiger partial charge in [-0.15, -0.1) is 0 Å². The third-order valence-electron chi connectivity index (χ3n) is 2.96. The Morgan fingerprint density at radius 1 is 1.35 bits per heavy atom. The second kappa shape index (κ2) is 8.98. The summed E-state index contributed by atoms with van der Waals surface area (Å²) in [4.78, 5) is 22.0. The first-order valence-corrected chi connectivity index (χ1v) is 6.20. The van der Waals surface area contributed by atoms with Gasteiger partial charge in [0.05, 0.1) is 5.92 Å². The summed E-state index contributed by atoms with van der Waals surface area (Å²) in [7, 11) is 0. The minimum absolute atomic E-state index is 0.0754. The highest BCUT2D eigenvalue weighted by molar-refractivity contribution is 5.77. The SMILES string of the molecule is CCC(CCN)CCC(=O)NCC(C)C(=O)O. The number of carbonyl (C=O) groups is 2. The Labute approximate surface area is 103 Å². The van der Waals surface area contributed by atoms with Crippen LogP contribution in [0.5, 0.6) is 0 Å². The largest absolute Gasteiger partial charge is 0.481 e. The summed E-state index contributed by atoms with van der Waals surface area (Å²) in [6, 6.07) is 0. The lowest BCUT2D eigenvalue weighted by Gasteiger charge is -2.13. The molecule has 0 saturated carbocycles. The van der Waals surface area contributed by atoms with E-state index in [0.29, 0.717) is 18.9 Å². The number of aliphatic carboxylic acids is 1. The summed E-state index contributed by atoms with van der Waals surface area (Å²) in [5, 5.41) is 11.3. The van der Waals surface area contributed by atoms with Crippen molar-refractivity contribution in [3.05, 3.63) is 0 Å². The van der Waals surface area contributed by atoms with E-state index in [0.717, 1.165) is 19.3 Å². The van der Waals surface area contributed by atoms with Crippen LogP contribution in [-0.2, 0) is 9.59 Å². The highest BCUT2D eigenvalue weighted by Crippen LogP contribution is 2.14. The predicted molar refractivity (Wildman–Crippen MR) is 66.5 cm³/mol. The van der Waals surface area contributed by atoms with Gasteiger partial charge in [-0.1, -0.05) is 20.3 Å². The van der Waals surface area contributed by atoms with Crippen molar-refractivity contribution in [2.24, 2.45) is 17.6 Å². The van der Waals surface area contributed by atoms with Gasteiger partial charge in [-0.2, -0.15) is 0 Å². The van der Waals surface area contributed by atoms with Crippen molar-refractivity contribution in [1.29, 1.82) is 0 Å². The van der Waals surface area contributed by atoms with Crippen LogP contribution < -0.4 is 11.1 Å². The molecule has 0 bridgehead atoms. The molecule has 0 aromatic carbocycles. The predicted octanol–water partition coefficient (Wildman–Crippen LogP) is 0.979. The maximum atomic E-state index is 11.5. The molecule has 0 radical (unpaired) electrons. The zero-order valence-corrected chi connectivity index (χ0v) is 10.7. The van der Waals surface area contributed by atoms with E-state index in [1.807, 2.05) is 0 Å². The summed E-state index contributed by atoms with van der Waals surface area (Å²) < 4.78 is 0. The number of amides is 1. The summed E-state index contributed by atoms with van der Waals surface area (Å²) in [5.74, 6) is -1.01. The number of rotatable bonds is 9. The van der Waals surface area contributed by atoms with Gasteiger partial charge in [-0.05, 0) is 25.3 Å². The molecule has 17 heavy (non-hydrogen) atoms. The Balaban J connectivity index is 3.75. The average molecular weight is 244 g/mol. The number of carbonyl (C=O) groups excluding carboxylic acids is 1. The lowest BCUT2D eigenvalue weighted by atomic mass is 9.96. The Morgan fingerprint density at radius 3 is 2.47 bits per heavy atom. The van der Waals surface area contributed by atoms with Crippen LogP contribution >= 0.6 is 0 Å². The molecule has 4 N–H and O–H groups in total. The molecule has 0 aliphatic rings. The van der Waals surface area contributed by atoms with Crippen molar-refractivity contribution >= 4 is 11.9 Å². The van der Waals surface area contributed by atoms with E-state index in [9.17, 15) is 9.59 Å². The second-order valence-corrected chi connectivity index (χ2v) is 4.43. The number of nitrogens with one attached hydrogen (secondary N) is 1. The maximum absolute atomic E-state index is 11.5. The van der Waals surface area contributed by atoms with E-state index in [2.05, 4.69) is 12.2 Å². The van der Waals surface area contributed by atoms with E-state index in [1.165, 1.54) is 0 Å². The van der Waals surface area contributed by atoms with Gasteiger partial charge in [0.15, 0.2) is 0 Å². The van der Waals surface area contributed by atoms with Crippen LogP contribution in [0.25, 0.3) is 0 Å². The van der Waals surface area contributed by atoms with Crippen LogP contribution in [0.15, 0.2) is 0 Å². The molecule has 0 saturated heterocycles. The third kappa shape index (κ3) is 7.74. The highest BCUT2D eigenvalue weighted by Gasteiger charge is 2.13. The lowest BCUT2D eigenvalue weighted by molar-refractivity contribution is -0.141. The zero-order chi connectivity index (χ0) is 13.3. The van der Waals surface area contributed by atoms with Crippen LogP contribution in [0.4, 0.5) is 0 Å². The normalized spacial score (nSPS) is 14.1. The van der Waals surface area contributed by atoms with E-state index >= 15 is 0 Å². The number of carboxylic acids is 1. The molecule has 0 rings (SSSR count). The average Bonchev–Trinajstić information content (AvgIpc) is 2.31. The molecular formula is C12H24N2O3. The molecular weight excluding hydrogens is 220 g/mol. The van der Waals surface area contributed by atoms with Gasteiger partial charge < -0.3 is 16.2 Å². The molecule has 0 aromatic rings. The van der Waals surface area contributed by atoms with Crippen molar-refractivity contribution in [3.63, 3.8) is 0 Å². The van der Waals surface area contributed by atoms with Crippen LogP contribution in [0.1, 0.15) is 39.5 Å². The molecule has 0 fully saturated rings. The Kier molecular flexibility index (Phi) is 8.40. The Hall–Kier alpha value is -1.10. The maximum Gasteiger partial charge on any atom is 0.308 e. The summed E-state index contributed by atoms with van der Waals surface area (Å²) in [5.41, 5.74) is 5.48. The molecule has 5 nitrogen and oxygen atoms in total. The summed E-state index contributed by atoms with van der Waals surface area (Å²) in [6.45, 7) is 4.51. The first-order chi connectivity index (χ1) is 8.01. The fourth-order valence-electron chi connectivity index (χ4n) is 1.57.